The molecule has 3 aromatic rings. The number of carbonyl (C=O) groups is 3. The molecule has 0 saturated heterocycles. The van der Waals surface area contributed by atoms with E-state index < -0.39 is 18.5 Å². The Kier molecular flexibility index (Phi) is 5.34. The number of benzene rings is 2. The third-order valence-corrected chi connectivity index (χ3v) is 5.53. The molecule has 1 N–H and O–H groups in total. The molecule has 7 nitrogen and oxygen atoms in total. The fourth-order valence-corrected chi connectivity index (χ4v) is 3.98. The molecule has 1 unspecified atom stereocenters. The molecule has 0 fully saturated rings. The van der Waals surface area contributed by atoms with Gasteiger partial charge in [-0.1, -0.05) is 28.1 Å². The third-order valence-electron chi connectivity index (χ3n) is 5.04. The molecule has 1 aliphatic rings. The Morgan fingerprint density at radius 1 is 1.27 bits per heavy atom. The van der Waals surface area contributed by atoms with Crippen LogP contribution in [-0.2, 0) is 14.3 Å². The molecular weight excluding hydrogens is 452 g/mol. The number of carbonyl (C=O) groups excluding carboxylic acids is 3. The van der Waals surface area contributed by atoms with Gasteiger partial charge in [0.05, 0.1) is 11.4 Å². The van der Waals surface area contributed by atoms with E-state index in [1.807, 2.05) is 12.1 Å². The second kappa shape index (κ2) is 7.95. The van der Waals surface area contributed by atoms with Gasteiger partial charge in [0.25, 0.3) is 5.91 Å². The molecule has 8 heteroatoms. The van der Waals surface area contributed by atoms with Gasteiger partial charge >= 0.3 is 5.97 Å². The van der Waals surface area contributed by atoms with E-state index in [2.05, 4.69) is 21.2 Å². The van der Waals surface area contributed by atoms with Crippen molar-refractivity contribution in [2.45, 2.75) is 26.3 Å². The van der Waals surface area contributed by atoms with E-state index >= 15 is 0 Å². The summed E-state index contributed by atoms with van der Waals surface area (Å²) in [6.07, 6.45) is 0.145. The second-order valence-electron chi connectivity index (χ2n) is 7.16. The predicted octanol–water partition coefficient (Wildman–Crippen LogP) is 4.42. The summed E-state index contributed by atoms with van der Waals surface area (Å²) in [5, 5.41) is 3.59. The van der Waals surface area contributed by atoms with Gasteiger partial charge in [0.1, 0.15) is 5.58 Å². The summed E-state index contributed by atoms with van der Waals surface area (Å²) in [7, 11) is 0. The maximum atomic E-state index is 12.9. The number of hydrogen-bond donors (Lipinski definition) is 1. The Balaban J connectivity index is 1.54. The summed E-state index contributed by atoms with van der Waals surface area (Å²) in [6.45, 7) is 3.08. The second-order valence-corrected chi connectivity index (χ2v) is 8.07. The van der Waals surface area contributed by atoms with Crippen molar-refractivity contribution in [3.8, 4) is 0 Å². The highest BCUT2D eigenvalue weighted by Crippen LogP contribution is 2.32. The Hall–Kier alpha value is -3.13. The van der Waals surface area contributed by atoms with Gasteiger partial charge in [-0.05, 0) is 44.2 Å². The number of anilines is 2. The number of nitrogens with one attached hydrogen (secondary N) is 1. The Labute approximate surface area is 181 Å². The van der Waals surface area contributed by atoms with Crippen molar-refractivity contribution in [3.05, 3.63) is 58.3 Å². The largest absolute Gasteiger partial charge is 0.450 e. The Morgan fingerprint density at radius 2 is 2.03 bits per heavy atom. The van der Waals surface area contributed by atoms with Crippen LogP contribution in [-0.4, -0.2) is 30.4 Å². The van der Waals surface area contributed by atoms with Crippen molar-refractivity contribution >= 4 is 56.1 Å². The molecule has 1 aromatic heterocycles. The quantitative estimate of drug-likeness (QED) is 0.572. The highest BCUT2D eigenvalue weighted by atomic mass is 79.9. The van der Waals surface area contributed by atoms with Crippen molar-refractivity contribution in [3.63, 3.8) is 0 Å². The van der Waals surface area contributed by atoms with Gasteiger partial charge in [-0.2, -0.15) is 0 Å². The van der Waals surface area contributed by atoms with Crippen molar-refractivity contribution < 1.29 is 23.5 Å². The topological polar surface area (TPSA) is 88.9 Å². The molecule has 2 amide bonds. The number of para-hydroxylation sites is 2. The minimum Gasteiger partial charge on any atom is -0.450 e. The lowest BCUT2D eigenvalue weighted by molar-refractivity contribution is -0.122. The molecule has 0 saturated carbocycles. The number of rotatable bonds is 3. The lowest BCUT2D eigenvalue weighted by Gasteiger charge is -2.27. The first-order valence-electron chi connectivity index (χ1n) is 9.42. The fourth-order valence-electron chi connectivity index (χ4n) is 3.62. The van der Waals surface area contributed by atoms with Gasteiger partial charge in [-0.25, -0.2) is 4.79 Å². The van der Waals surface area contributed by atoms with Crippen LogP contribution < -0.4 is 10.2 Å². The normalized spacial score (nSPS) is 16.0. The van der Waals surface area contributed by atoms with E-state index in [0.717, 1.165) is 9.86 Å². The highest BCUT2D eigenvalue weighted by Gasteiger charge is 2.30. The van der Waals surface area contributed by atoms with Crippen molar-refractivity contribution in [1.29, 1.82) is 0 Å². The summed E-state index contributed by atoms with van der Waals surface area (Å²) in [5.41, 5.74) is 2.33. The molecule has 0 radical (unpaired) electrons. The third kappa shape index (κ3) is 3.70. The van der Waals surface area contributed by atoms with E-state index in [1.165, 1.54) is 4.90 Å². The standard InChI is InChI=1S/C22H19BrN2O5/c1-12-9-19(26)24-16-5-3-4-6-17(16)25(12)20(27)11-29-22(28)21-13(2)15-10-14(23)7-8-18(15)30-21/h3-8,10,12H,9,11H2,1-2H3,(H,24,26). The summed E-state index contributed by atoms with van der Waals surface area (Å²) in [5.74, 6) is -1.24. The lowest BCUT2D eigenvalue weighted by atomic mass is 10.1. The summed E-state index contributed by atoms with van der Waals surface area (Å²) < 4.78 is 11.8. The average molecular weight is 471 g/mol. The zero-order chi connectivity index (χ0) is 21.4. The van der Waals surface area contributed by atoms with Crippen LogP contribution in [0.3, 0.4) is 0 Å². The monoisotopic (exact) mass is 470 g/mol. The van der Waals surface area contributed by atoms with Crippen LogP contribution >= 0.6 is 15.9 Å². The molecule has 0 aliphatic carbocycles. The van der Waals surface area contributed by atoms with Crippen LogP contribution in [0.5, 0.6) is 0 Å². The van der Waals surface area contributed by atoms with Crippen LogP contribution in [0.25, 0.3) is 11.0 Å². The highest BCUT2D eigenvalue weighted by molar-refractivity contribution is 9.10. The number of esters is 1. The SMILES string of the molecule is Cc1c(C(=O)OCC(=O)N2c3ccccc3NC(=O)CC2C)oc2ccc(Br)cc12. The fraction of sp³-hybridized carbons (Fsp3) is 0.227. The van der Waals surface area contributed by atoms with Gasteiger partial charge in [-0.3, -0.25) is 9.59 Å². The first-order valence-corrected chi connectivity index (χ1v) is 10.2. The van der Waals surface area contributed by atoms with E-state index in [4.69, 9.17) is 9.15 Å². The lowest BCUT2D eigenvalue weighted by Crippen LogP contribution is -2.41. The number of fused-ring (bicyclic) bond motifs is 2. The number of ether oxygens (including phenoxy) is 1. The molecule has 2 heterocycles. The van der Waals surface area contributed by atoms with Crippen LogP contribution in [0.2, 0.25) is 0 Å². The number of aryl methyl sites for hydroxylation is 1. The smallest absolute Gasteiger partial charge is 0.375 e. The first kappa shape index (κ1) is 20.2. The van der Waals surface area contributed by atoms with E-state index in [1.54, 1.807) is 44.2 Å². The number of furan rings is 1. The Bertz CT molecular complexity index is 1170. The van der Waals surface area contributed by atoms with Gasteiger partial charge in [0, 0.05) is 27.9 Å². The van der Waals surface area contributed by atoms with Crippen molar-refractivity contribution in [2.24, 2.45) is 0 Å². The van der Waals surface area contributed by atoms with Crippen LogP contribution in [0.15, 0.2) is 51.4 Å². The number of hydrogen-bond acceptors (Lipinski definition) is 5. The van der Waals surface area contributed by atoms with Crippen LogP contribution in [0.1, 0.15) is 29.5 Å². The molecule has 0 bridgehead atoms. The number of amides is 2. The zero-order valence-electron chi connectivity index (χ0n) is 16.4. The van der Waals surface area contributed by atoms with Gasteiger partial charge in [0.15, 0.2) is 6.61 Å². The summed E-state index contributed by atoms with van der Waals surface area (Å²) >= 11 is 3.40. The predicted molar refractivity (Wildman–Crippen MR) is 116 cm³/mol. The van der Waals surface area contributed by atoms with Crippen LogP contribution in [0, 0.1) is 6.92 Å². The molecule has 0 spiro atoms. The molecule has 30 heavy (non-hydrogen) atoms. The van der Waals surface area contributed by atoms with E-state index in [-0.39, 0.29) is 24.1 Å². The number of halogens is 1. The zero-order valence-corrected chi connectivity index (χ0v) is 18.0. The minimum absolute atomic E-state index is 0.0667. The minimum atomic E-state index is -0.710. The Morgan fingerprint density at radius 3 is 2.83 bits per heavy atom. The molecular formula is C22H19BrN2O5. The number of nitrogens with zero attached hydrogens (tertiary/aromatic N) is 1. The average Bonchev–Trinajstić information content (AvgIpc) is 2.96. The van der Waals surface area contributed by atoms with Crippen molar-refractivity contribution in [2.75, 3.05) is 16.8 Å². The van der Waals surface area contributed by atoms with Gasteiger partial charge < -0.3 is 19.4 Å². The van der Waals surface area contributed by atoms with Crippen molar-refractivity contribution in [1.82, 2.24) is 0 Å². The molecule has 4 rings (SSSR count). The van der Waals surface area contributed by atoms with Gasteiger partial charge in [-0.15, -0.1) is 0 Å². The van der Waals surface area contributed by atoms with Crippen LogP contribution in [0.4, 0.5) is 11.4 Å². The maximum absolute atomic E-state index is 12.9. The van der Waals surface area contributed by atoms with E-state index in [9.17, 15) is 14.4 Å². The molecule has 154 valence electrons. The first-order chi connectivity index (χ1) is 14.3. The summed E-state index contributed by atoms with van der Waals surface area (Å²) in [6, 6.07) is 12.1. The molecule has 1 aliphatic heterocycles. The molecule has 2 aromatic carbocycles. The van der Waals surface area contributed by atoms with E-state index in [0.29, 0.717) is 22.5 Å². The van der Waals surface area contributed by atoms with Gasteiger partial charge in [0.2, 0.25) is 11.7 Å². The maximum Gasteiger partial charge on any atom is 0.375 e. The summed E-state index contributed by atoms with van der Waals surface area (Å²) in [4.78, 5) is 39.1. The molecule has 1 atom stereocenters.